The number of ether oxygens (including phenoxy) is 1. The van der Waals surface area contributed by atoms with Crippen molar-refractivity contribution in [3.8, 4) is 5.75 Å². The Balaban J connectivity index is 0.00000312. The topological polar surface area (TPSA) is 71.7 Å². The van der Waals surface area contributed by atoms with Crippen molar-refractivity contribution in [3.05, 3.63) is 46.3 Å². The van der Waals surface area contributed by atoms with Gasteiger partial charge in [0.05, 0.1) is 18.8 Å². The van der Waals surface area contributed by atoms with Crippen LogP contribution in [0.1, 0.15) is 31.2 Å². The van der Waals surface area contributed by atoms with Gasteiger partial charge in [-0.1, -0.05) is 41.0 Å². The van der Waals surface area contributed by atoms with Crippen molar-refractivity contribution in [2.45, 2.75) is 26.3 Å². The molecule has 0 saturated carbocycles. The summed E-state index contributed by atoms with van der Waals surface area (Å²) in [7, 11) is 1.73. The summed E-state index contributed by atoms with van der Waals surface area (Å²) in [6.45, 7) is 5.88. The average Bonchev–Trinajstić information content (AvgIpc) is 3.03. The van der Waals surface area contributed by atoms with Gasteiger partial charge >= 0.3 is 0 Å². The first-order chi connectivity index (χ1) is 11.6. The monoisotopic (exact) mass is 522 g/mol. The van der Waals surface area contributed by atoms with E-state index in [2.05, 4.69) is 50.6 Å². The number of hydrogen-bond donors (Lipinski definition) is 2. The van der Waals surface area contributed by atoms with E-state index < -0.39 is 0 Å². The molecule has 0 radical (unpaired) electrons. The second-order valence-electron chi connectivity index (χ2n) is 5.53. The van der Waals surface area contributed by atoms with Crippen molar-refractivity contribution < 1.29 is 9.26 Å². The van der Waals surface area contributed by atoms with E-state index in [9.17, 15) is 0 Å². The first kappa shape index (κ1) is 21.8. The van der Waals surface area contributed by atoms with Gasteiger partial charge in [-0.2, -0.15) is 0 Å². The second kappa shape index (κ2) is 11.3. The third kappa shape index (κ3) is 7.64. The molecular formula is C17H24BrIN4O2. The number of nitrogens with one attached hydrogen (secondary N) is 2. The second-order valence-corrected chi connectivity index (χ2v) is 6.45. The summed E-state index contributed by atoms with van der Waals surface area (Å²) < 4.78 is 12.0. The molecule has 0 fully saturated rings. The summed E-state index contributed by atoms with van der Waals surface area (Å²) in [5.41, 5.74) is 0.956. The Morgan fingerprint density at radius 3 is 2.76 bits per heavy atom. The van der Waals surface area contributed by atoms with Crippen LogP contribution in [0.25, 0.3) is 0 Å². The Morgan fingerprint density at radius 2 is 2.12 bits per heavy atom. The van der Waals surface area contributed by atoms with Crippen molar-refractivity contribution in [1.29, 1.82) is 0 Å². The van der Waals surface area contributed by atoms with Gasteiger partial charge in [-0.25, -0.2) is 0 Å². The number of hydrogen-bond acceptors (Lipinski definition) is 4. The van der Waals surface area contributed by atoms with Crippen LogP contribution in [0.15, 0.2) is 44.3 Å². The Bertz CT molecular complexity index is 676. The van der Waals surface area contributed by atoms with E-state index >= 15 is 0 Å². The molecule has 8 heteroatoms. The fraction of sp³-hybridized carbons (Fsp3) is 0.412. The van der Waals surface area contributed by atoms with E-state index in [1.165, 1.54) is 0 Å². The highest BCUT2D eigenvalue weighted by Gasteiger charge is 2.08. The molecule has 0 aliphatic heterocycles. The van der Waals surface area contributed by atoms with Crippen molar-refractivity contribution in [1.82, 2.24) is 15.8 Å². The minimum absolute atomic E-state index is 0. The quantitative estimate of drug-likeness (QED) is 0.249. The van der Waals surface area contributed by atoms with Crippen LogP contribution in [-0.4, -0.2) is 31.3 Å². The molecule has 138 valence electrons. The maximum absolute atomic E-state index is 5.67. The summed E-state index contributed by atoms with van der Waals surface area (Å²) in [4.78, 5) is 4.17. The van der Waals surface area contributed by atoms with Crippen LogP contribution >= 0.6 is 39.9 Å². The molecule has 0 unspecified atom stereocenters. The maximum atomic E-state index is 5.67. The van der Waals surface area contributed by atoms with Crippen LogP contribution in [0.3, 0.4) is 0 Å². The van der Waals surface area contributed by atoms with Gasteiger partial charge in [0.25, 0.3) is 0 Å². The lowest BCUT2D eigenvalue weighted by Gasteiger charge is -2.11. The normalized spacial score (nSPS) is 11.2. The van der Waals surface area contributed by atoms with E-state index in [-0.39, 0.29) is 24.0 Å². The average molecular weight is 523 g/mol. The third-order valence-corrected chi connectivity index (χ3v) is 3.77. The molecule has 2 N–H and O–H groups in total. The highest BCUT2D eigenvalue weighted by atomic mass is 127. The molecule has 0 amide bonds. The molecule has 0 saturated heterocycles. The largest absolute Gasteiger partial charge is 0.492 e. The predicted molar refractivity (Wildman–Crippen MR) is 114 cm³/mol. The van der Waals surface area contributed by atoms with Gasteiger partial charge in [-0.05, 0) is 24.1 Å². The van der Waals surface area contributed by atoms with Gasteiger partial charge in [0.15, 0.2) is 11.7 Å². The first-order valence-corrected chi connectivity index (χ1v) is 8.66. The number of aromatic nitrogens is 1. The van der Waals surface area contributed by atoms with E-state index in [1.54, 1.807) is 7.05 Å². The number of rotatable bonds is 7. The summed E-state index contributed by atoms with van der Waals surface area (Å²) >= 11 is 3.42. The number of halogens is 2. The van der Waals surface area contributed by atoms with Gasteiger partial charge < -0.3 is 19.9 Å². The zero-order chi connectivity index (χ0) is 17.4. The number of benzene rings is 1. The number of guanidine groups is 1. The van der Waals surface area contributed by atoms with Crippen molar-refractivity contribution in [3.63, 3.8) is 0 Å². The number of nitrogens with zero attached hydrogens (tertiary/aromatic N) is 2. The van der Waals surface area contributed by atoms with Crippen molar-refractivity contribution in [2.75, 3.05) is 20.2 Å². The Morgan fingerprint density at radius 1 is 1.32 bits per heavy atom. The molecule has 0 spiro atoms. The van der Waals surface area contributed by atoms with E-state index in [0.29, 0.717) is 31.6 Å². The zero-order valence-electron chi connectivity index (χ0n) is 14.6. The lowest BCUT2D eigenvalue weighted by molar-refractivity contribution is 0.321. The molecule has 6 nitrogen and oxygen atoms in total. The number of aliphatic imine (C=N–C) groups is 1. The lowest BCUT2D eigenvalue weighted by Crippen LogP contribution is -2.38. The maximum Gasteiger partial charge on any atom is 0.191 e. The minimum atomic E-state index is 0. The zero-order valence-corrected chi connectivity index (χ0v) is 18.5. The standard InChI is InChI=1S/C17H23BrN4O2.HI/c1-12(2)16-10-15(24-22-16)11-21-17(19-3)20-7-8-23-14-6-4-5-13(18)9-14;/h4-6,9-10,12H,7-8,11H2,1-3H3,(H2,19,20,21);1H. The molecule has 25 heavy (non-hydrogen) atoms. The van der Waals surface area contributed by atoms with Crippen LogP contribution in [0, 0.1) is 0 Å². The molecule has 2 aromatic rings. The molecule has 1 aromatic carbocycles. The summed E-state index contributed by atoms with van der Waals surface area (Å²) in [5, 5.41) is 10.4. The van der Waals surface area contributed by atoms with Crippen molar-refractivity contribution >= 4 is 45.9 Å². The van der Waals surface area contributed by atoms with Crippen molar-refractivity contribution in [2.24, 2.45) is 4.99 Å². The fourth-order valence-corrected chi connectivity index (χ4v) is 2.35. The first-order valence-electron chi connectivity index (χ1n) is 7.87. The van der Waals surface area contributed by atoms with Gasteiger partial charge in [0.2, 0.25) is 0 Å². The predicted octanol–water partition coefficient (Wildman–Crippen LogP) is 3.92. The van der Waals surface area contributed by atoms with E-state index in [1.807, 2.05) is 30.3 Å². The summed E-state index contributed by atoms with van der Waals surface area (Å²) in [5.74, 6) is 2.66. The highest BCUT2D eigenvalue weighted by Crippen LogP contribution is 2.17. The van der Waals surface area contributed by atoms with Gasteiger partial charge in [0.1, 0.15) is 12.4 Å². The van der Waals surface area contributed by atoms with E-state index in [4.69, 9.17) is 9.26 Å². The fourth-order valence-electron chi connectivity index (χ4n) is 1.97. The Labute approximate surface area is 173 Å². The van der Waals surface area contributed by atoms with Crippen LogP contribution in [-0.2, 0) is 6.54 Å². The molecule has 0 bridgehead atoms. The Kier molecular flexibility index (Phi) is 9.88. The van der Waals surface area contributed by atoms with Crippen LogP contribution in [0.2, 0.25) is 0 Å². The molecule has 0 atom stereocenters. The lowest BCUT2D eigenvalue weighted by atomic mass is 10.1. The molecule has 1 aromatic heterocycles. The SMILES string of the molecule is CN=C(NCCOc1cccc(Br)c1)NCc1cc(C(C)C)no1.I. The molecule has 0 aliphatic rings. The minimum Gasteiger partial charge on any atom is -0.492 e. The van der Waals surface area contributed by atoms with Gasteiger partial charge in [0, 0.05) is 17.6 Å². The van der Waals surface area contributed by atoms with Crippen LogP contribution in [0.5, 0.6) is 5.75 Å². The highest BCUT2D eigenvalue weighted by molar-refractivity contribution is 14.0. The Hall–Kier alpha value is -1.29. The summed E-state index contributed by atoms with van der Waals surface area (Å²) in [6.07, 6.45) is 0. The molecule has 1 heterocycles. The third-order valence-electron chi connectivity index (χ3n) is 3.28. The van der Waals surface area contributed by atoms with Crippen LogP contribution in [0.4, 0.5) is 0 Å². The van der Waals surface area contributed by atoms with Gasteiger partial charge in [-0.15, -0.1) is 24.0 Å². The molecule has 2 rings (SSSR count). The molecular weight excluding hydrogens is 499 g/mol. The summed E-state index contributed by atoms with van der Waals surface area (Å²) in [6, 6.07) is 9.72. The van der Waals surface area contributed by atoms with Gasteiger partial charge in [-0.3, -0.25) is 4.99 Å². The van der Waals surface area contributed by atoms with E-state index in [0.717, 1.165) is 21.7 Å². The smallest absolute Gasteiger partial charge is 0.191 e. The van der Waals surface area contributed by atoms with Crippen LogP contribution < -0.4 is 15.4 Å². The molecule has 0 aliphatic carbocycles.